The van der Waals surface area contributed by atoms with Gasteiger partial charge in [-0.2, -0.15) is 0 Å². The fraction of sp³-hybridized carbons (Fsp3) is 0.690. The van der Waals surface area contributed by atoms with E-state index in [1.807, 2.05) is 35.2 Å². The van der Waals surface area contributed by atoms with Crippen molar-refractivity contribution in [3.8, 4) is 0 Å². The van der Waals surface area contributed by atoms with Crippen molar-refractivity contribution in [3.63, 3.8) is 0 Å². The Bertz CT molecular complexity index is 1020. The molecule has 0 aromatic heterocycles. The van der Waals surface area contributed by atoms with Gasteiger partial charge in [0, 0.05) is 32.3 Å². The maximum absolute atomic E-state index is 14.0. The summed E-state index contributed by atoms with van der Waals surface area (Å²) in [7, 11) is -3.54. The van der Waals surface area contributed by atoms with Crippen molar-refractivity contribution >= 4 is 25.5 Å². The van der Waals surface area contributed by atoms with E-state index >= 15 is 0 Å². The topological polar surface area (TPSA) is 123 Å². The Labute approximate surface area is 238 Å². The molecule has 1 aromatic rings. The lowest BCUT2D eigenvalue weighted by Crippen LogP contribution is -2.55. The van der Waals surface area contributed by atoms with Crippen LogP contribution in [0.25, 0.3) is 0 Å². The molecule has 1 heterocycles. The van der Waals surface area contributed by atoms with Crippen molar-refractivity contribution < 1.29 is 38.1 Å². The summed E-state index contributed by atoms with van der Waals surface area (Å²) in [5.41, 5.74) is -0.494. The lowest BCUT2D eigenvalue weighted by Gasteiger charge is -2.45. The number of unbranched alkanes of at least 4 members (excludes halogenated alkanes) is 1. The van der Waals surface area contributed by atoms with Crippen LogP contribution in [0.4, 0.5) is 9.59 Å². The van der Waals surface area contributed by atoms with Crippen molar-refractivity contribution in [2.75, 3.05) is 38.9 Å². The highest BCUT2D eigenvalue weighted by molar-refractivity contribution is 7.62. The normalized spacial score (nSPS) is 22.0. The van der Waals surface area contributed by atoms with Gasteiger partial charge in [0.15, 0.2) is 5.16 Å². The van der Waals surface area contributed by atoms with Crippen molar-refractivity contribution in [1.82, 2.24) is 9.80 Å². The van der Waals surface area contributed by atoms with E-state index in [-0.39, 0.29) is 38.7 Å². The molecule has 0 aliphatic carbocycles. The number of carbonyl (C=O) groups excluding carboxylic acids is 2. The zero-order valence-electron chi connectivity index (χ0n) is 25.1. The predicted molar refractivity (Wildman–Crippen MR) is 154 cm³/mol. The Morgan fingerprint density at radius 2 is 1.57 bits per heavy atom. The highest BCUT2D eigenvalue weighted by Crippen LogP contribution is 2.63. The van der Waals surface area contributed by atoms with Gasteiger partial charge in [0.1, 0.15) is 11.2 Å². The molecule has 1 aliphatic heterocycles. The van der Waals surface area contributed by atoms with Crippen LogP contribution in [0.2, 0.25) is 0 Å². The van der Waals surface area contributed by atoms with Crippen LogP contribution in [0.15, 0.2) is 30.3 Å². The van der Waals surface area contributed by atoms with Crippen LogP contribution in [-0.2, 0) is 29.8 Å². The van der Waals surface area contributed by atoms with Gasteiger partial charge in [0.05, 0.1) is 6.61 Å². The Balaban J connectivity index is 2.18. The van der Waals surface area contributed by atoms with Gasteiger partial charge in [-0.3, -0.25) is 9.36 Å². The first-order valence-corrected chi connectivity index (χ1v) is 15.8. The van der Waals surface area contributed by atoms with Gasteiger partial charge >= 0.3 is 18.2 Å². The first kappa shape index (κ1) is 33.8. The molecule has 1 N–H and O–H groups in total. The molecule has 40 heavy (non-hydrogen) atoms. The van der Waals surface area contributed by atoms with Crippen molar-refractivity contribution in [3.05, 3.63) is 35.9 Å². The maximum atomic E-state index is 14.0. The van der Waals surface area contributed by atoms with E-state index in [2.05, 4.69) is 0 Å². The quantitative estimate of drug-likeness (QED) is 0.246. The van der Waals surface area contributed by atoms with Gasteiger partial charge in [0.25, 0.3) is 0 Å². The molecule has 226 valence electrons. The number of hydrogen-bond donors (Lipinski definition) is 1. The van der Waals surface area contributed by atoms with Crippen LogP contribution < -0.4 is 0 Å². The summed E-state index contributed by atoms with van der Waals surface area (Å²) in [4.78, 5) is 41.4. The van der Waals surface area contributed by atoms with Crippen molar-refractivity contribution in [1.29, 1.82) is 0 Å². The number of carboxylic acids is 1. The maximum Gasteiger partial charge on any atom is 0.419 e. The second-order valence-corrected chi connectivity index (χ2v) is 15.1. The first-order valence-electron chi connectivity index (χ1n) is 14.0. The van der Waals surface area contributed by atoms with E-state index in [0.717, 1.165) is 16.9 Å². The zero-order chi connectivity index (χ0) is 30.2. The summed E-state index contributed by atoms with van der Waals surface area (Å²) in [6, 6.07) is 9.94. The molecular weight excluding hydrogens is 535 g/mol. The lowest BCUT2D eigenvalue weighted by atomic mass is 9.99. The number of carboxylic acid groups (broad SMARTS) is 1. The lowest BCUT2D eigenvalue weighted by molar-refractivity contribution is -0.141. The number of aliphatic carboxylic acids is 1. The molecule has 2 unspecified atom stereocenters. The fourth-order valence-corrected chi connectivity index (χ4v) is 7.68. The molecule has 1 fully saturated rings. The average Bonchev–Trinajstić information content (AvgIpc) is 2.82. The number of hydrogen-bond acceptors (Lipinski definition) is 8. The minimum absolute atomic E-state index is 0.0316. The van der Waals surface area contributed by atoms with Crippen LogP contribution in [-0.4, -0.2) is 88.4 Å². The van der Waals surface area contributed by atoms with Gasteiger partial charge in [-0.25, -0.2) is 14.5 Å². The number of carbonyl (C=O) groups is 3. The molecule has 0 saturated carbocycles. The SMILES string of the molecule is CCOP1(=O)CCN(CCc2ccccc2)CC1(CCCCN(C(=O)OC(C)(C)C)C(=O)OC(C)(C)C)C(=O)O. The summed E-state index contributed by atoms with van der Waals surface area (Å²) in [6.07, 6.45) is -0.0986. The van der Waals surface area contributed by atoms with Crippen LogP contribution in [0, 0.1) is 0 Å². The van der Waals surface area contributed by atoms with E-state index in [1.165, 1.54) is 0 Å². The number of imide groups is 1. The third-order valence-corrected chi connectivity index (χ3v) is 9.92. The molecule has 0 bridgehead atoms. The highest BCUT2D eigenvalue weighted by atomic mass is 31.2. The third kappa shape index (κ3) is 9.60. The molecule has 1 saturated heterocycles. The second-order valence-electron chi connectivity index (χ2n) is 12.2. The zero-order valence-corrected chi connectivity index (χ0v) is 26.0. The monoisotopic (exact) mass is 582 g/mol. The standard InChI is InChI=1S/C29H47N2O8P/c1-8-37-40(36)21-20-30(19-16-23-14-10-9-11-15-23)22-29(40,24(32)33)17-12-13-18-31(25(34)38-27(2,3)4)26(35)39-28(5,6)7/h9-11,14-15H,8,12-13,16-22H2,1-7H3,(H,32,33). The van der Waals surface area contributed by atoms with Gasteiger partial charge in [-0.05, 0) is 79.7 Å². The van der Waals surface area contributed by atoms with Crippen LogP contribution in [0.1, 0.15) is 73.3 Å². The molecule has 1 aliphatic rings. The Morgan fingerprint density at radius 3 is 2.08 bits per heavy atom. The molecule has 2 rings (SSSR count). The van der Waals surface area contributed by atoms with Crippen molar-refractivity contribution in [2.24, 2.45) is 0 Å². The number of ether oxygens (including phenoxy) is 2. The summed E-state index contributed by atoms with van der Waals surface area (Å²) in [5, 5.41) is 8.87. The van der Waals surface area contributed by atoms with E-state index in [1.54, 1.807) is 48.5 Å². The molecule has 11 heteroatoms. The van der Waals surface area contributed by atoms with E-state index in [4.69, 9.17) is 14.0 Å². The highest BCUT2D eigenvalue weighted by Gasteiger charge is 2.57. The predicted octanol–water partition coefficient (Wildman–Crippen LogP) is 6.03. The van der Waals surface area contributed by atoms with Gasteiger partial charge in [-0.15, -0.1) is 0 Å². The number of benzene rings is 1. The summed E-state index contributed by atoms with van der Waals surface area (Å²) in [5.74, 6) is -1.15. The summed E-state index contributed by atoms with van der Waals surface area (Å²) in [6.45, 7) is 13.3. The molecule has 0 radical (unpaired) electrons. The summed E-state index contributed by atoms with van der Waals surface area (Å²) >= 11 is 0. The van der Waals surface area contributed by atoms with Gasteiger partial charge < -0.3 is 24.0 Å². The minimum Gasteiger partial charge on any atom is -0.480 e. The van der Waals surface area contributed by atoms with Crippen LogP contribution in [0.5, 0.6) is 0 Å². The third-order valence-electron chi connectivity index (χ3n) is 6.59. The molecular formula is C29H47N2O8P. The molecule has 1 aromatic carbocycles. The van der Waals surface area contributed by atoms with Crippen LogP contribution >= 0.6 is 7.37 Å². The van der Waals surface area contributed by atoms with Gasteiger partial charge in [-0.1, -0.05) is 30.3 Å². The van der Waals surface area contributed by atoms with E-state index < -0.39 is 41.9 Å². The summed E-state index contributed by atoms with van der Waals surface area (Å²) < 4.78 is 30.5. The van der Waals surface area contributed by atoms with Crippen molar-refractivity contribution in [2.45, 2.75) is 90.5 Å². The number of amides is 2. The number of nitrogens with zero attached hydrogens (tertiary/aromatic N) is 2. The second kappa shape index (κ2) is 14.0. The first-order chi connectivity index (χ1) is 18.5. The van der Waals surface area contributed by atoms with Gasteiger partial charge in [0.2, 0.25) is 7.37 Å². The average molecular weight is 583 g/mol. The molecule has 0 spiro atoms. The molecule has 2 amide bonds. The smallest absolute Gasteiger partial charge is 0.419 e. The Kier molecular flexibility index (Phi) is 11.8. The Morgan fingerprint density at radius 1 is 1.00 bits per heavy atom. The largest absolute Gasteiger partial charge is 0.480 e. The fourth-order valence-electron chi connectivity index (χ4n) is 4.71. The number of rotatable bonds is 11. The molecule has 2 atom stereocenters. The molecule has 10 nitrogen and oxygen atoms in total. The van der Waals surface area contributed by atoms with E-state index in [0.29, 0.717) is 19.5 Å². The Hall–Kier alpha value is -2.42. The van der Waals surface area contributed by atoms with E-state index in [9.17, 15) is 24.1 Å². The van der Waals surface area contributed by atoms with Crippen LogP contribution in [0.3, 0.4) is 0 Å². The minimum atomic E-state index is -3.54.